The zero-order valence-electron chi connectivity index (χ0n) is 12.7. The van der Waals surface area contributed by atoms with Crippen molar-refractivity contribution >= 4 is 17.5 Å². The standard InChI is InChI=1S/C18H18N4/c1-12-5-3-6-14(9-12)15-7-4-8-16(11-15)21-17-10-13(2)20-18(19)22-17/h3-11H,1-2H3,(H3,19,20,21,22). The smallest absolute Gasteiger partial charge is 0.222 e. The molecule has 2 aromatic carbocycles. The van der Waals surface area contributed by atoms with Gasteiger partial charge in [0.1, 0.15) is 5.82 Å². The van der Waals surface area contributed by atoms with Gasteiger partial charge in [-0.25, -0.2) is 4.98 Å². The number of nitrogen functional groups attached to an aromatic ring is 1. The fourth-order valence-electron chi connectivity index (χ4n) is 2.40. The van der Waals surface area contributed by atoms with Gasteiger partial charge in [0.25, 0.3) is 0 Å². The van der Waals surface area contributed by atoms with Crippen LogP contribution in [0.1, 0.15) is 11.3 Å². The lowest BCUT2D eigenvalue weighted by atomic mass is 10.0. The maximum absolute atomic E-state index is 5.69. The highest BCUT2D eigenvalue weighted by Crippen LogP contribution is 2.25. The van der Waals surface area contributed by atoms with E-state index in [-0.39, 0.29) is 5.95 Å². The van der Waals surface area contributed by atoms with E-state index in [1.807, 2.05) is 25.1 Å². The lowest BCUT2D eigenvalue weighted by Gasteiger charge is -2.09. The van der Waals surface area contributed by atoms with Crippen molar-refractivity contribution in [3.8, 4) is 11.1 Å². The molecule has 0 amide bonds. The summed E-state index contributed by atoms with van der Waals surface area (Å²) < 4.78 is 0. The van der Waals surface area contributed by atoms with Gasteiger partial charge in [-0.2, -0.15) is 4.98 Å². The second kappa shape index (κ2) is 5.85. The van der Waals surface area contributed by atoms with Gasteiger partial charge in [0, 0.05) is 17.4 Å². The number of nitrogens with two attached hydrogens (primary N) is 1. The van der Waals surface area contributed by atoms with Gasteiger partial charge in [0.05, 0.1) is 0 Å². The second-order valence-corrected chi connectivity index (χ2v) is 5.33. The summed E-state index contributed by atoms with van der Waals surface area (Å²) in [7, 11) is 0. The third-order valence-electron chi connectivity index (χ3n) is 3.36. The Morgan fingerprint density at radius 3 is 2.32 bits per heavy atom. The first kappa shape index (κ1) is 14.1. The molecular formula is C18H18N4. The number of nitrogens with one attached hydrogen (secondary N) is 1. The molecule has 1 heterocycles. The highest BCUT2D eigenvalue weighted by molar-refractivity contribution is 5.70. The molecule has 22 heavy (non-hydrogen) atoms. The number of aromatic nitrogens is 2. The van der Waals surface area contributed by atoms with Gasteiger partial charge >= 0.3 is 0 Å². The topological polar surface area (TPSA) is 63.8 Å². The molecular weight excluding hydrogens is 272 g/mol. The van der Waals surface area contributed by atoms with Crippen molar-refractivity contribution < 1.29 is 0 Å². The number of aryl methyl sites for hydroxylation is 2. The van der Waals surface area contributed by atoms with Gasteiger partial charge in [0.15, 0.2) is 0 Å². The fraction of sp³-hybridized carbons (Fsp3) is 0.111. The fourth-order valence-corrected chi connectivity index (χ4v) is 2.40. The van der Waals surface area contributed by atoms with Gasteiger partial charge in [-0.05, 0) is 37.1 Å². The number of hydrogen-bond acceptors (Lipinski definition) is 4. The molecule has 0 aliphatic carbocycles. The molecule has 0 aliphatic heterocycles. The Labute approximate surface area is 130 Å². The summed E-state index contributed by atoms with van der Waals surface area (Å²) in [5, 5.41) is 3.28. The molecule has 0 saturated carbocycles. The van der Waals surface area contributed by atoms with Crippen LogP contribution in [0.5, 0.6) is 0 Å². The summed E-state index contributed by atoms with van der Waals surface area (Å²) in [4.78, 5) is 8.28. The van der Waals surface area contributed by atoms with Crippen LogP contribution in [0.25, 0.3) is 11.1 Å². The van der Waals surface area contributed by atoms with Crippen molar-refractivity contribution in [1.82, 2.24) is 9.97 Å². The zero-order chi connectivity index (χ0) is 15.5. The van der Waals surface area contributed by atoms with Gasteiger partial charge in [-0.1, -0.05) is 42.0 Å². The van der Waals surface area contributed by atoms with E-state index in [0.29, 0.717) is 5.82 Å². The Kier molecular flexibility index (Phi) is 3.74. The molecule has 4 nitrogen and oxygen atoms in total. The Bertz CT molecular complexity index is 791. The molecule has 1 aromatic heterocycles. The van der Waals surface area contributed by atoms with Crippen LogP contribution < -0.4 is 11.1 Å². The molecule has 0 spiro atoms. The first-order chi connectivity index (χ1) is 10.6. The Hall–Kier alpha value is -2.88. The SMILES string of the molecule is Cc1cccc(-c2cccc(Nc3cc(C)nc(N)n3)c2)c1. The van der Waals surface area contributed by atoms with E-state index in [1.165, 1.54) is 11.1 Å². The van der Waals surface area contributed by atoms with Crippen LogP contribution in [-0.2, 0) is 0 Å². The van der Waals surface area contributed by atoms with E-state index < -0.39 is 0 Å². The minimum atomic E-state index is 0.275. The molecule has 0 bridgehead atoms. The molecule has 0 radical (unpaired) electrons. The maximum Gasteiger partial charge on any atom is 0.222 e. The molecule has 0 atom stereocenters. The Morgan fingerprint density at radius 1 is 0.864 bits per heavy atom. The second-order valence-electron chi connectivity index (χ2n) is 5.33. The van der Waals surface area contributed by atoms with Crippen molar-refractivity contribution in [1.29, 1.82) is 0 Å². The van der Waals surface area contributed by atoms with Gasteiger partial charge in [0.2, 0.25) is 5.95 Å². The van der Waals surface area contributed by atoms with E-state index in [4.69, 9.17) is 5.73 Å². The number of nitrogens with zero attached hydrogens (tertiary/aromatic N) is 2. The molecule has 0 unspecified atom stereocenters. The summed E-state index contributed by atoms with van der Waals surface area (Å²) in [5.74, 6) is 0.976. The van der Waals surface area contributed by atoms with Gasteiger partial charge in [-0.15, -0.1) is 0 Å². The van der Waals surface area contributed by atoms with E-state index in [1.54, 1.807) is 0 Å². The average Bonchev–Trinajstić information content (AvgIpc) is 2.46. The largest absolute Gasteiger partial charge is 0.368 e. The molecule has 0 saturated heterocycles. The predicted octanol–water partition coefficient (Wildman–Crippen LogP) is 4.09. The van der Waals surface area contributed by atoms with Crippen LogP contribution in [0, 0.1) is 13.8 Å². The van der Waals surface area contributed by atoms with Crippen molar-refractivity contribution in [2.24, 2.45) is 0 Å². The zero-order valence-corrected chi connectivity index (χ0v) is 12.7. The highest BCUT2D eigenvalue weighted by atomic mass is 15.1. The van der Waals surface area contributed by atoms with Crippen molar-refractivity contribution in [2.75, 3.05) is 11.1 Å². The lowest BCUT2D eigenvalue weighted by molar-refractivity contribution is 1.12. The third-order valence-corrected chi connectivity index (χ3v) is 3.36. The normalized spacial score (nSPS) is 10.5. The molecule has 3 rings (SSSR count). The first-order valence-corrected chi connectivity index (χ1v) is 7.15. The van der Waals surface area contributed by atoms with Crippen molar-refractivity contribution in [3.63, 3.8) is 0 Å². The van der Waals surface area contributed by atoms with Crippen molar-refractivity contribution in [3.05, 3.63) is 65.9 Å². The monoisotopic (exact) mass is 290 g/mol. The first-order valence-electron chi connectivity index (χ1n) is 7.15. The molecule has 0 aliphatic rings. The van der Waals surface area contributed by atoms with Crippen LogP contribution in [0.2, 0.25) is 0 Å². The Morgan fingerprint density at radius 2 is 1.59 bits per heavy atom. The lowest BCUT2D eigenvalue weighted by Crippen LogP contribution is -2.01. The highest BCUT2D eigenvalue weighted by Gasteiger charge is 2.03. The van der Waals surface area contributed by atoms with Gasteiger partial charge in [-0.3, -0.25) is 0 Å². The van der Waals surface area contributed by atoms with E-state index in [0.717, 1.165) is 16.9 Å². The number of rotatable bonds is 3. The van der Waals surface area contributed by atoms with E-state index in [2.05, 4.69) is 58.6 Å². The molecule has 3 aromatic rings. The summed E-state index contributed by atoms with van der Waals surface area (Å²) in [5.41, 5.74) is 11.1. The third kappa shape index (κ3) is 3.23. The number of hydrogen-bond donors (Lipinski definition) is 2. The molecule has 0 fully saturated rings. The van der Waals surface area contributed by atoms with Crippen LogP contribution in [0.15, 0.2) is 54.6 Å². The van der Waals surface area contributed by atoms with E-state index in [9.17, 15) is 0 Å². The predicted molar refractivity (Wildman–Crippen MR) is 91.1 cm³/mol. The minimum Gasteiger partial charge on any atom is -0.368 e. The summed E-state index contributed by atoms with van der Waals surface area (Å²) >= 11 is 0. The number of anilines is 3. The number of benzene rings is 2. The van der Waals surface area contributed by atoms with Crippen LogP contribution in [0.4, 0.5) is 17.5 Å². The van der Waals surface area contributed by atoms with Crippen molar-refractivity contribution in [2.45, 2.75) is 13.8 Å². The molecule has 3 N–H and O–H groups in total. The summed E-state index contributed by atoms with van der Waals surface area (Å²) in [6.45, 7) is 3.99. The maximum atomic E-state index is 5.69. The Balaban J connectivity index is 1.91. The van der Waals surface area contributed by atoms with E-state index >= 15 is 0 Å². The summed E-state index contributed by atoms with van der Waals surface area (Å²) in [6, 6.07) is 18.5. The van der Waals surface area contributed by atoms with Gasteiger partial charge < -0.3 is 11.1 Å². The van der Waals surface area contributed by atoms with Crippen LogP contribution in [0.3, 0.4) is 0 Å². The average molecular weight is 290 g/mol. The summed E-state index contributed by atoms with van der Waals surface area (Å²) in [6.07, 6.45) is 0. The van der Waals surface area contributed by atoms with Crippen LogP contribution in [-0.4, -0.2) is 9.97 Å². The minimum absolute atomic E-state index is 0.275. The molecule has 110 valence electrons. The quantitative estimate of drug-likeness (QED) is 0.762. The molecule has 4 heteroatoms. The van der Waals surface area contributed by atoms with Crippen LogP contribution >= 0.6 is 0 Å².